The second kappa shape index (κ2) is 5.58. The zero-order chi connectivity index (χ0) is 16.6. The largest absolute Gasteiger partial charge is 0.497 e. The van der Waals surface area contributed by atoms with Crippen molar-refractivity contribution in [1.29, 1.82) is 0 Å². The molecule has 3 rings (SSSR count). The Kier molecular flexibility index (Phi) is 3.73. The van der Waals surface area contributed by atoms with Gasteiger partial charge in [0, 0.05) is 12.6 Å². The van der Waals surface area contributed by atoms with E-state index < -0.39 is 16.1 Å². The summed E-state index contributed by atoms with van der Waals surface area (Å²) in [5.74, 6) is 0.479. The lowest BCUT2D eigenvalue weighted by Gasteiger charge is -2.35. The minimum Gasteiger partial charge on any atom is -0.497 e. The summed E-state index contributed by atoms with van der Waals surface area (Å²) in [5, 5.41) is 0. The van der Waals surface area contributed by atoms with Gasteiger partial charge in [0.1, 0.15) is 10.6 Å². The second-order valence-electron chi connectivity index (χ2n) is 4.97. The maximum Gasteiger partial charge on any atom is 0.343 e. The molecule has 1 aliphatic rings. The first-order valence-corrected chi connectivity index (χ1v) is 8.54. The molecule has 1 aliphatic heterocycles. The van der Waals surface area contributed by atoms with Gasteiger partial charge in [-0.05, 0) is 31.2 Å². The average Bonchev–Trinajstić information content (AvgIpc) is 2.55. The highest BCUT2D eigenvalue weighted by Crippen LogP contribution is 2.37. The Morgan fingerprint density at radius 2 is 1.83 bits per heavy atom. The Hall–Kier alpha value is -2.54. The van der Waals surface area contributed by atoms with E-state index in [2.05, 4.69) is 0 Å². The molecule has 1 heterocycles. The fraction of sp³-hybridized carbons (Fsp3) is 0.188. The molecule has 0 N–H and O–H groups in total. The molecule has 2 amide bonds. The maximum absolute atomic E-state index is 12.9. The van der Waals surface area contributed by atoms with Crippen molar-refractivity contribution in [2.75, 3.05) is 22.9 Å². The number of amides is 2. The summed E-state index contributed by atoms with van der Waals surface area (Å²) in [6.45, 7) is 2.17. The van der Waals surface area contributed by atoms with Gasteiger partial charge in [0.15, 0.2) is 0 Å². The van der Waals surface area contributed by atoms with E-state index in [1.54, 1.807) is 43.3 Å². The van der Waals surface area contributed by atoms with Crippen molar-refractivity contribution in [3.8, 4) is 5.75 Å². The number of benzene rings is 2. The molecular formula is C16H16N2O4S. The molecule has 23 heavy (non-hydrogen) atoms. The summed E-state index contributed by atoms with van der Waals surface area (Å²) < 4.78 is 31.8. The van der Waals surface area contributed by atoms with E-state index in [1.807, 2.05) is 0 Å². The van der Waals surface area contributed by atoms with Crippen molar-refractivity contribution in [2.45, 2.75) is 11.8 Å². The summed E-state index contributed by atoms with van der Waals surface area (Å²) in [6, 6.07) is 12.3. The van der Waals surface area contributed by atoms with Crippen LogP contribution in [0.5, 0.6) is 5.75 Å². The van der Waals surface area contributed by atoms with Gasteiger partial charge in [-0.25, -0.2) is 13.2 Å². The minimum atomic E-state index is -3.97. The summed E-state index contributed by atoms with van der Waals surface area (Å²) in [5.41, 5.74) is 0.654. The number of carbonyl (C=O) groups excluding carboxylic acids is 1. The zero-order valence-corrected chi connectivity index (χ0v) is 13.6. The monoisotopic (exact) mass is 332 g/mol. The summed E-state index contributed by atoms with van der Waals surface area (Å²) in [7, 11) is -2.48. The fourth-order valence-corrected chi connectivity index (χ4v) is 4.19. The van der Waals surface area contributed by atoms with Gasteiger partial charge in [0.05, 0.1) is 18.5 Å². The summed E-state index contributed by atoms with van der Waals surface area (Å²) in [4.78, 5) is 14.3. The quantitative estimate of drug-likeness (QED) is 0.867. The standard InChI is InChI=1S/C16H16N2O4S/c1-3-17-14-9-4-5-10-15(14)23(20,21)18(16(17)19)12-7-6-8-13(11-12)22-2/h4-11H,3H2,1-2H3. The highest BCUT2D eigenvalue weighted by Gasteiger charge is 2.41. The van der Waals surface area contributed by atoms with Gasteiger partial charge in [0.2, 0.25) is 0 Å². The number of nitrogens with zero attached hydrogens (tertiary/aromatic N) is 2. The van der Waals surface area contributed by atoms with Crippen LogP contribution in [-0.4, -0.2) is 28.1 Å². The molecule has 0 bridgehead atoms. The number of ether oxygens (including phenoxy) is 1. The van der Waals surface area contributed by atoms with Crippen LogP contribution in [0.15, 0.2) is 53.4 Å². The molecule has 0 saturated carbocycles. The van der Waals surface area contributed by atoms with Gasteiger partial charge >= 0.3 is 6.03 Å². The van der Waals surface area contributed by atoms with Crippen LogP contribution in [-0.2, 0) is 10.0 Å². The molecule has 0 aromatic heterocycles. The lowest BCUT2D eigenvalue weighted by molar-refractivity contribution is 0.254. The number of anilines is 2. The number of hydrogen-bond acceptors (Lipinski definition) is 4. The molecular weight excluding hydrogens is 316 g/mol. The number of sulfonamides is 1. The van der Waals surface area contributed by atoms with Crippen LogP contribution < -0.4 is 13.9 Å². The molecule has 2 aromatic rings. The second-order valence-corrected chi connectivity index (χ2v) is 6.72. The number of para-hydroxylation sites is 1. The summed E-state index contributed by atoms with van der Waals surface area (Å²) >= 11 is 0. The Balaban J connectivity index is 2.23. The van der Waals surface area contributed by atoms with Crippen LogP contribution in [0, 0.1) is 0 Å². The molecule has 120 valence electrons. The van der Waals surface area contributed by atoms with Gasteiger partial charge in [-0.1, -0.05) is 18.2 Å². The smallest absolute Gasteiger partial charge is 0.343 e. The van der Waals surface area contributed by atoms with Crippen LogP contribution >= 0.6 is 0 Å². The van der Waals surface area contributed by atoms with Crippen molar-refractivity contribution in [1.82, 2.24) is 0 Å². The number of hydrogen-bond donors (Lipinski definition) is 0. The van der Waals surface area contributed by atoms with Gasteiger partial charge in [-0.3, -0.25) is 4.90 Å². The predicted octanol–water partition coefficient (Wildman–Crippen LogP) is 2.85. The molecule has 7 heteroatoms. The number of methoxy groups -OCH3 is 1. The van der Waals surface area contributed by atoms with Crippen molar-refractivity contribution in [3.05, 3.63) is 48.5 Å². The van der Waals surface area contributed by atoms with Gasteiger partial charge in [-0.2, -0.15) is 4.31 Å². The normalized spacial score (nSPS) is 16.2. The van der Waals surface area contributed by atoms with Crippen LogP contribution in [0.1, 0.15) is 6.92 Å². The lowest BCUT2D eigenvalue weighted by atomic mass is 10.2. The molecule has 0 atom stereocenters. The van der Waals surface area contributed by atoms with E-state index in [0.717, 1.165) is 4.31 Å². The molecule has 2 aromatic carbocycles. The predicted molar refractivity (Wildman–Crippen MR) is 87.5 cm³/mol. The molecule has 0 unspecified atom stereocenters. The van der Waals surface area contributed by atoms with Crippen LogP contribution in [0.3, 0.4) is 0 Å². The van der Waals surface area contributed by atoms with E-state index in [4.69, 9.17) is 4.74 Å². The van der Waals surface area contributed by atoms with E-state index in [1.165, 1.54) is 24.1 Å². The lowest BCUT2D eigenvalue weighted by Crippen LogP contribution is -2.51. The van der Waals surface area contributed by atoms with E-state index in [0.29, 0.717) is 18.0 Å². The van der Waals surface area contributed by atoms with Crippen LogP contribution in [0.2, 0.25) is 0 Å². The third-order valence-electron chi connectivity index (χ3n) is 3.68. The number of rotatable bonds is 3. The third kappa shape index (κ3) is 2.33. The Labute approximate surface area is 134 Å². The van der Waals surface area contributed by atoms with E-state index in [9.17, 15) is 13.2 Å². The highest BCUT2D eigenvalue weighted by atomic mass is 32.2. The van der Waals surface area contributed by atoms with Crippen molar-refractivity contribution < 1.29 is 17.9 Å². The number of urea groups is 1. The first kappa shape index (κ1) is 15.4. The molecule has 6 nitrogen and oxygen atoms in total. The SMILES string of the molecule is CCN1C(=O)N(c2cccc(OC)c2)S(=O)(=O)c2ccccc21. The van der Waals surface area contributed by atoms with Crippen molar-refractivity contribution in [2.24, 2.45) is 0 Å². The molecule has 0 fully saturated rings. The maximum atomic E-state index is 12.9. The Morgan fingerprint density at radius 3 is 2.52 bits per heavy atom. The van der Waals surface area contributed by atoms with Crippen LogP contribution in [0.4, 0.5) is 16.2 Å². The number of carbonyl (C=O) groups is 1. The zero-order valence-electron chi connectivity index (χ0n) is 12.8. The topological polar surface area (TPSA) is 66.9 Å². The first-order chi connectivity index (χ1) is 11.0. The fourth-order valence-electron chi connectivity index (χ4n) is 2.60. The van der Waals surface area contributed by atoms with E-state index >= 15 is 0 Å². The third-order valence-corrected chi connectivity index (χ3v) is 5.43. The van der Waals surface area contributed by atoms with Crippen LogP contribution in [0.25, 0.3) is 0 Å². The number of fused-ring (bicyclic) bond motifs is 1. The van der Waals surface area contributed by atoms with Gasteiger partial charge in [-0.15, -0.1) is 0 Å². The Morgan fingerprint density at radius 1 is 1.09 bits per heavy atom. The molecule has 0 saturated heterocycles. The molecule has 0 radical (unpaired) electrons. The molecule has 0 aliphatic carbocycles. The van der Waals surface area contributed by atoms with Gasteiger partial charge in [0.25, 0.3) is 10.0 Å². The van der Waals surface area contributed by atoms with Crippen molar-refractivity contribution in [3.63, 3.8) is 0 Å². The average molecular weight is 332 g/mol. The molecule has 0 spiro atoms. The Bertz CT molecular complexity index is 864. The first-order valence-electron chi connectivity index (χ1n) is 7.10. The summed E-state index contributed by atoms with van der Waals surface area (Å²) in [6.07, 6.45) is 0. The minimum absolute atomic E-state index is 0.115. The van der Waals surface area contributed by atoms with Crippen molar-refractivity contribution >= 4 is 27.4 Å². The van der Waals surface area contributed by atoms with E-state index in [-0.39, 0.29) is 10.6 Å². The highest BCUT2D eigenvalue weighted by molar-refractivity contribution is 7.94. The van der Waals surface area contributed by atoms with Gasteiger partial charge < -0.3 is 4.74 Å².